The van der Waals surface area contributed by atoms with Gasteiger partial charge in [-0.05, 0) is 41.5 Å². The number of hydrogen-bond acceptors (Lipinski definition) is 3. The summed E-state index contributed by atoms with van der Waals surface area (Å²) in [4.78, 5) is 4.79. The second-order valence-electron chi connectivity index (χ2n) is 4.67. The second-order valence-corrected chi connectivity index (χ2v) is 5.52. The number of rotatable bonds is 2. The summed E-state index contributed by atoms with van der Waals surface area (Å²) in [6.45, 7) is 8.58. The van der Waals surface area contributed by atoms with E-state index in [-0.39, 0.29) is 0 Å². The van der Waals surface area contributed by atoms with E-state index in [1.165, 1.54) is 0 Å². The molecule has 1 atom stereocenters. The predicted molar refractivity (Wildman–Crippen MR) is 77.8 cm³/mol. The molecular formula is C14H18BrN3. The third kappa shape index (κ3) is 2.52. The highest BCUT2D eigenvalue weighted by Gasteiger charge is 2.24. The van der Waals surface area contributed by atoms with Crippen LogP contribution < -0.4 is 4.90 Å². The van der Waals surface area contributed by atoms with Gasteiger partial charge in [0.25, 0.3) is 0 Å². The minimum atomic E-state index is 0.536. The van der Waals surface area contributed by atoms with E-state index in [1.807, 2.05) is 18.2 Å². The summed E-state index contributed by atoms with van der Waals surface area (Å²) in [5.41, 5.74) is 1.80. The lowest BCUT2D eigenvalue weighted by molar-refractivity contribution is 0.199. The molecule has 2 rings (SSSR count). The normalized spacial score (nSPS) is 20.8. The van der Waals surface area contributed by atoms with Gasteiger partial charge in [-0.25, -0.2) is 0 Å². The Morgan fingerprint density at radius 3 is 2.83 bits per heavy atom. The number of hydrogen-bond donors (Lipinski definition) is 0. The Morgan fingerprint density at radius 1 is 1.44 bits per heavy atom. The Labute approximate surface area is 117 Å². The average molecular weight is 308 g/mol. The summed E-state index contributed by atoms with van der Waals surface area (Å²) in [6, 6.07) is 8.80. The van der Waals surface area contributed by atoms with Gasteiger partial charge in [0.2, 0.25) is 0 Å². The largest absolute Gasteiger partial charge is 0.368 e. The molecule has 0 radical (unpaired) electrons. The fourth-order valence-electron chi connectivity index (χ4n) is 2.57. The minimum Gasteiger partial charge on any atom is -0.368 e. The first-order valence-electron chi connectivity index (χ1n) is 6.35. The van der Waals surface area contributed by atoms with Crippen molar-refractivity contribution in [3.63, 3.8) is 0 Å². The second kappa shape index (κ2) is 5.73. The van der Waals surface area contributed by atoms with Crippen molar-refractivity contribution in [1.82, 2.24) is 4.90 Å². The SMILES string of the molecule is CCN1CCN(c2cccc(Br)c2C#N)CC1C. The van der Waals surface area contributed by atoms with Crippen molar-refractivity contribution in [2.75, 3.05) is 31.1 Å². The lowest BCUT2D eigenvalue weighted by atomic mass is 10.1. The number of piperazine rings is 1. The van der Waals surface area contributed by atoms with Crippen LogP contribution in [-0.4, -0.2) is 37.1 Å². The number of likely N-dealkylation sites (N-methyl/N-ethyl adjacent to an activating group) is 1. The van der Waals surface area contributed by atoms with Gasteiger partial charge in [0.05, 0.1) is 11.3 Å². The Morgan fingerprint density at radius 2 is 2.22 bits per heavy atom. The van der Waals surface area contributed by atoms with Gasteiger partial charge in [0, 0.05) is 30.1 Å². The number of nitriles is 1. The molecule has 0 saturated carbocycles. The van der Waals surface area contributed by atoms with E-state index in [2.05, 4.69) is 45.6 Å². The maximum atomic E-state index is 9.28. The summed E-state index contributed by atoms with van der Waals surface area (Å²) in [5.74, 6) is 0. The maximum Gasteiger partial charge on any atom is 0.103 e. The summed E-state index contributed by atoms with van der Waals surface area (Å²) < 4.78 is 0.882. The van der Waals surface area contributed by atoms with E-state index in [1.54, 1.807) is 0 Å². The molecule has 96 valence electrons. The zero-order valence-electron chi connectivity index (χ0n) is 10.9. The molecule has 1 aromatic rings. The van der Waals surface area contributed by atoms with E-state index < -0.39 is 0 Å². The molecule has 1 aromatic carbocycles. The van der Waals surface area contributed by atoms with Crippen LogP contribution >= 0.6 is 15.9 Å². The number of anilines is 1. The van der Waals surface area contributed by atoms with Crippen LogP contribution in [0.1, 0.15) is 19.4 Å². The summed E-state index contributed by atoms with van der Waals surface area (Å²) >= 11 is 3.45. The molecule has 0 N–H and O–H groups in total. The van der Waals surface area contributed by atoms with Crippen LogP contribution in [0.3, 0.4) is 0 Å². The average Bonchev–Trinajstić information content (AvgIpc) is 2.38. The standard InChI is InChI=1S/C14H18BrN3/c1-3-17-7-8-18(10-11(17)2)14-6-4-5-13(15)12(14)9-16/h4-6,11H,3,7-8,10H2,1-2H3. The van der Waals surface area contributed by atoms with Crippen molar-refractivity contribution in [1.29, 1.82) is 5.26 Å². The van der Waals surface area contributed by atoms with Gasteiger partial charge in [0.15, 0.2) is 0 Å². The molecule has 4 heteroatoms. The number of nitrogens with zero attached hydrogens (tertiary/aromatic N) is 3. The molecule has 1 fully saturated rings. The van der Waals surface area contributed by atoms with Gasteiger partial charge in [-0.3, -0.25) is 4.90 Å². The smallest absolute Gasteiger partial charge is 0.103 e. The van der Waals surface area contributed by atoms with Crippen LogP contribution in [0.15, 0.2) is 22.7 Å². The van der Waals surface area contributed by atoms with Crippen LogP contribution in [0.2, 0.25) is 0 Å². The van der Waals surface area contributed by atoms with Crippen molar-refractivity contribution in [3.8, 4) is 6.07 Å². The fourth-order valence-corrected chi connectivity index (χ4v) is 3.02. The Bertz CT molecular complexity index is 467. The third-order valence-corrected chi connectivity index (χ3v) is 4.28. The van der Waals surface area contributed by atoms with E-state index in [0.717, 1.165) is 41.9 Å². The first kappa shape index (κ1) is 13.4. The predicted octanol–water partition coefficient (Wildman–Crippen LogP) is 2.85. The molecule has 0 bridgehead atoms. The zero-order chi connectivity index (χ0) is 13.1. The fraction of sp³-hybridized carbons (Fsp3) is 0.500. The molecule has 18 heavy (non-hydrogen) atoms. The maximum absolute atomic E-state index is 9.28. The Hall–Kier alpha value is -1.05. The highest BCUT2D eigenvalue weighted by Crippen LogP contribution is 2.28. The molecule has 3 nitrogen and oxygen atoms in total. The Balaban J connectivity index is 2.24. The highest BCUT2D eigenvalue weighted by atomic mass is 79.9. The first-order chi connectivity index (χ1) is 8.67. The van der Waals surface area contributed by atoms with Crippen molar-refractivity contribution >= 4 is 21.6 Å². The van der Waals surface area contributed by atoms with Gasteiger partial charge < -0.3 is 4.90 Å². The summed E-state index contributed by atoms with van der Waals surface area (Å²) in [5, 5.41) is 9.28. The molecule has 1 saturated heterocycles. The molecule has 0 aliphatic carbocycles. The quantitative estimate of drug-likeness (QED) is 0.841. The highest BCUT2D eigenvalue weighted by molar-refractivity contribution is 9.10. The summed E-state index contributed by atoms with van der Waals surface area (Å²) in [7, 11) is 0. The van der Waals surface area contributed by atoms with E-state index >= 15 is 0 Å². The van der Waals surface area contributed by atoms with Crippen LogP contribution in [0, 0.1) is 11.3 Å². The van der Waals surface area contributed by atoms with E-state index in [4.69, 9.17) is 0 Å². The first-order valence-corrected chi connectivity index (χ1v) is 7.14. The van der Waals surface area contributed by atoms with Gasteiger partial charge in [-0.1, -0.05) is 13.0 Å². The molecular weight excluding hydrogens is 290 g/mol. The molecule has 0 amide bonds. The van der Waals surface area contributed by atoms with Gasteiger partial charge in [-0.15, -0.1) is 0 Å². The molecule has 1 unspecified atom stereocenters. The topological polar surface area (TPSA) is 30.3 Å². The van der Waals surface area contributed by atoms with Crippen molar-refractivity contribution in [2.45, 2.75) is 19.9 Å². The lowest BCUT2D eigenvalue weighted by Gasteiger charge is -2.40. The monoisotopic (exact) mass is 307 g/mol. The van der Waals surface area contributed by atoms with Crippen molar-refractivity contribution < 1.29 is 0 Å². The summed E-state index contributed by atoms with van der Waals surface area (Å²) in [6.07, 6.45) is 0. The van der Waals surface area contributed by atoms with Gasteiger partial charge in [0.1, 0.15) is 6.07 Å². The minimum absolute atomic E-state index is 0.536. The van der Waals surface area contributed by atoms with Crippen molar-refractivity contribution in [3.05, 3.63) is 28.2 Å². The van der Waals surface area contributed by atoms with Gasteiger partial charge in [-0.2, -0.15) is 5.26 Å². The lowest BCUT2D eigenvalue weighted by Crippen LogP contribution is -2.51. The molecule has 0 aromatic heterocycles. The number of halogens is 1. The van der Waals surface area contributed by atoms with Crippen LogP contribution in [0.5, 0.6) is 0 Å². The van der Waals surface area contributed by atoms with Crippen LogP contribution in [-0.2, 0) is 0 Å². The van der Waals surface area contributed by atoms with Crippen LogP contribution in [0.25, 0.3) is 0 Å². The van der Waals surface area contributed by atoms with Crippen molar-refractivity contribution in [2.24, 2.45) is 0 Å². The molecule has 1 aliphatic rings. The molecule has 0 spiro atoms. The molecule has 1 aliphatic heterocycles. The van der Waals surface area contributed by atoms with E-state index in [0.29, 0.717) is 6.04 Å². The van der Waals surface area contributed by atoms with Crippen LogP contribution in [0.4, 0.5) is 5.69 Å². The molecule has 1 heterocycles. The van der Waals surface area contributed by atoms with Gasteiger partial charge >= 0.3 is 0 Å². The zero-order valence-corrected chi connectivity index (χ0v) is 12.4. The van der Waals surface area contributed by atoms with E-state index in [9.17, 15) is 5.26 Å². The third-order valence-electron chi connectivity index (χ3n) is 3.62. The number of benzene rings is 1. The Kier molecular flexibility index (Phi) is 4.26.